The van der Waals surface area contributed by atoms with Crippen LogP contribution in [0.25, 0.3) is 283 Å². The van der Waals surface area contributed by atoms with Gasteiger partial charge < -0.3 is 26.4 Å². The van der Waals surface area contributed by atoms with Gasteiger partial charge in [-0.2, -0.15) is 0 Å². The molecule has 0 radical (unpaired) electrons. The van der Waals surface area contributed by atoms with E-state index in [1.807, 2.05) is 0 Å². The van der Waals surface area contributed by atoms with Gasteiger partial charge in [-0.25, -0.2) is 0 Å². The molecular weight excluding hydrogens is 1740 g/mol. The Kier molecular flexibility index (Phi) is 17.6. The number of rotatable bonds is 2. The van der Waals surface area contributed by atoms with Crippen molar-refractivity contribution >= 4 is 261 Å². The fourth-order valence-electron chi connectivity index (χ4n) is 25.5. The molecule has 12 heterocycles. The molecule has 0 spiro atoms. The van der Waals surface area contributed by atoms with Crippen molar-refractivity contribution in [3.63, 3.8) is 0 Å². The summed E-state index contributed by atoms with van der Waals surface area (Å²) in [7, 11) is 0. The van der Waals surface area contributed by atoms with E-state index in [2.05, 4.69) is 517 Å². The van der Waals surface area contributed by atoms with E-state index in [1.165, 1.54) is 317 Å². The molecule has 0 fully saturated rings. The smallest absolute Gasteiger partial charge is 0.0620 e. The van der Waals surface area contributed by atoms with Crippen LogP contribution in [-0.4, -0.2) is 26.4 Å². The predicted octanol–water partition coefficient (Wildman–Crippen LogP) is 37.7. The molecule has 0 aliphatic carbocycles. The molecule has 0 bridgehead atoms. The quantitative estimate of drug-likeness (QED) is 0.165. The lowest BCUT2D eigenvalue weighted by molar-refractivity contribution is 1.37. The fourth-order valence-corrected chi connectivity index (χ4v) is 25.5. The van der Waals surface area contributed by atoms with Crippen LogP contribution in [0.3, 0.4) is 0 Å². The van der Waals surface area contributed by atoms with Gasteiger partial charge in [0.05, 0.1) is 99.3 Å². The summed E-state index contributed by atoms with van der Waals surface area (Å²) >= 11 is 0. The van der Waals surface area contributed by atoms with E-state index < -0.39 is 0 Å². The lowest BCUT2D eigenvalue weighted by Crippen LogP contribution is -1.82. The third-order valence-electron chi connectivity index (χ3n) is 31.5. The van der Waals surface area contributed by atoms with Crippen molar-refractivity contribution in [1.82, 2.24) is 26.4 Å². The molecule has 0 atom stereocenters. The first-order valence-electron chi connectivity index (χ1n) is 50.3. The maximum absolute atomic E-state index is 2.47. The SMILES string of the molecule is Cc1cc2c3ccccc3n3c4c5ccccc5ccc4c(c1)c23.Cc1cc2c3ccccc3n3c4cc5ccccc5cc4c(c1)c23.Cc1cc2c3ccccc3n3c4ccc5ccccc5c4c(c1)c23.Cc1cc2c3ccccc3n3c4ccccc4c(c1)c23.Cc1ccc(-c2cc3c4ccccc4n4c5ccccc5c(c2)c34)cc1.Cc1cccc(-c2cc3c4ccccc4n4c5ccccc5c(c2)c34)c1. The summed E-state index contributed by atoms with van der Waals surface area (Å²) in [4.78, 5) is 0. The third kappa shape index (κ3) is 11.9. The zero-order valence-corrected chi connectivity index (χ0v) is 80.4. The summed E-state index contributed by atoms with van der Waals surface area (Å²) in [6, 6.07) is 164. The Morgan fingerprint density at radius 2 is 0.382 bits per heavy atom. The molecule has 0 aliphatic rings. The number of fused-ring (bicyclic) bond motifs is 41. The first-order chi connectivity index (χ1) is 70.9. The minimum absolute atomic E-state index is 1.27. The van der Waals surface area contributed by atoms with Crippen molar-refractivity contribution in [2.45, 2.75) is 41.5 Å². The van der Waals surface area contributed by atoms with Crippen molar-refractivity contribution in [2.24, 2.45) is 0 Å². The van der Waals surface area contributed by atoms with Crippen LogP contribution in [0, 0.1) is 41.5 Å². The first kappa shape index (κ1) is 81.6. The molecule has 6 heteroatoms. The molecular formula is C138H92N6. The largest absolute Gasteiger partial charge is 0.308 e. The van der Waals surface area contributed by atoms with E-state index in [1.54, 1.807) is 0 Å². The van der Waals surface area contributed by atoms with Crippen LogP contribution in [0.2, 0.25) is 0 Å². The van der Waals surface area contributed by atoms with Crippen molar-refractivity contribution in [1.29, 1.82) is 0 Å². The average molecular weight is 1830 g/mol. The topological polar surface area (TPSA) is 26.5 Å². The molecule has 0 N–H and O–H groups in total. The van der Waals surface area contributed by atoms with Crippen LogP contribution in [0.5, 0.6) is 0 Å². The Bertz CT molecular complexity index is 11200. The summed E-state index contributed by atoms with van der Waals surface area (Å²) < 4.78 is 14.6. The highest BCUT2D eigenvalue weighted by Crippen LogP contribution is 2.50. The Labute approximate surface area is 827 Å². The van der Waals surface area contributed by atoms with E-state index in [-0.39, 0.29) is 0 Å². The van der Waals surface area contributed by atoms with Gasteiger partial charge in [-0.15, -0.1) is 0 Å². The fraction of sp³-hybridized carbons (Fsp3) is 0.0435. The van der Waals surface area contributed by atoms with Gasteiger partial charge in [0.2, 0.25) is 0 Å². The second-order valence-electron chi connectivity index (χ2n) is 40.2. The second kappa shape index (κ2) is 31.1. The summed E-state index contributed by atoms with van der Waals surface area (Å²) in [6.45, 7) is 13.1. The predicted molar refractivity (Wildman–Crippen MR) is 618 cm³/mol. The lowest BCUT2D eigenvalue weighted by Gasteiger charge is -2.05. The standard InChI is InChI=1S/2C25H17N.3C23H15N.C19H13N/c1-16-7-6-8-17(13-16)18-14-21-19-9-2-4-11-23(19)26-24-12-5-3-10-20(24)22(15-18)25(21)26;1-16-10-12-17(13-11-16)18-14-21-19-6-2-4-8-23(19)26-24-9-5-3-7-20(24)22(15-18)25(21)26;1-14-10-19-17-8-4-5-9-21(17)24-22-13-16-7-3-2-6-15(16)12-18(22)20(11-14)23(19)24;1-14-12-18-17-8-4-5-9-20(17)24-21-11-10-15-6-2-3-7-16(15)22(21)19(13-14)23(18)24;1-14-12-19-17-8-4-5-9-21(17)24-22-16-7-3-2-6-15(16)10-11-18(22)20(13-14)23(19)24;1-12-10-15-13-6-2-4-8-17(13)20-18-9-5-3-7-14(18)16(11-12)19(15)20/h2*2-15H,1H3;3*2-13H,1H3;2-11H,1H3. The minimum atomic E-state index is 1.27. The van der Waals surface area contributed by atoms with Gasteiger partial charge in [0.15, 0.2) is 0 Å². The van der Waals surface area contributed by atoms with Crippen LogP contribution in [0.15, 0.2) is 449 Å². The number of aryl methyl sites for hydroxylation is 6. The highest BCUT2D eigenvalue weighted by atomic mass is 15.0. The first-order valence-corrected chi connectivity index (χ1v) is 50.3. The van der Waals surface area contributed by atoms with Crippen LogP contribution in [0.1, 0.15) is 33.4 Å². The lowest BCUT2D eigenvalue weighted by atomic mass is 9.98. The van der Waals surface area contributed by atoms with Crippen molar-refractivity contribution < 1.29 is 0 Å². The van der Waals surface area contributed by atoms with E-state index in [0.717, 1.165) is 0 Å². The molecule has 0 aliphatic heterocycles. The maximum atomic E-state index is 2.47. The third-order valence-corrected chi connectivity index (χ3v) is 31.5. The summed E-state index contributed by atoms with van der Waals surface area (Å²) in [5.74, 6) is 0. The number of benzene rings is 23. The Morgan fingerprint density at radius 3 is 0.778 bits per heavy atom. The van der Waals surface area contributed by atoms with Crippen molar-refractivity contribution in [2.75, 3.05) is 0 Å². The van der Waals surface area contributed by atoms with E-state index in [4.69, 9.17) is 0 Å². The van der Waals surface area contributed by atoms with Gasteiger partial charge in [-0.3, -0.25) is 0 Å². The van der Waals surface area contributed by atoms with Gasteiger partial charge >= 0.3 is 0 Å². The van der Waals surface area contributed by atoms with Crippen molar-refractivity contribution in [3.05, 3.63) is 482 Å². The molecule has 0 unspecified atom stereocenters. The normalized spacial score (nSPS) is 12.2. The van der Waals surface area contributed by atoms with E-state index in [0.29, 0.717) is 0 Å². The Balaban J connectivity index is 0.0000000806. The Morgan fingerprint density at radius 1 is 0.111 bits per heavy atom. The van der Waals surface area contributed by atoms with E-state index in [9.17, 15) is 0 Å². The van der Waals surface area contributed by atoms with E-state index >= 15 is 0 Å². The molecule has 0 saturated heterocycles. The highest BCUT2D eigenvalue weighted by molar-refractivity contribution is 6.33. The summed E-state index contributed by atoms with van der Waals surface area (Å²) in [5, 5.41) is 40.3. The summed E-state index contributed by atoms with van der Waals surface area (Å²) in [6.07, 6.45) is 0. The summed E-state index contributed by atoms with van der Waals surface area (Å²) in [5.41, 5.74) is 36.7. The van der Waals surface area contributed by atoms with Crippen molar-refractivity contribution in [3.8, 4) is 22.3 Å². The number of para-hydroxylation sites is 9. The van der Waals surface area contributed by atoms with Gasteiger partial charge in [-0.05, 0) is 259 Å². The molecule has 6 nitrogen and oxygen atoms in total. The molecule has 35 aromatic rings. The number of nitrogens with zero attached hydrogens (tertiary/aromatic N) is 6. The minimum Gasteiger partial charge on any atom is -0.308 e. The molecule has 0 amide bonds. The van der Waals surface area contributed by atoms with Gasteiger partial charge in [0.1, 0.15) is 0 Å². The van der Waals surface area contributed by atoms with Gasteiger partial charge in [0, 0.05) is 135 Å². The van der Waals surface area contributed by atoms with Gasteiger partial charge in [0.25, 0.3) is 0 Å². The molecule has 674 valence electrons. The zero-order valence-electron chi connectivity index (χ0n) is 80.4. The van der Waals surface area contributed by atoms with Gasteiger partial charge in [-0.1, -0.05) is 314 Å². The Hall–Kier alpha value is -18.4. The zero-order chi connectivity index (χ0) is 95.3. The van der Waals surface area contributed by atoms with Crippen LogP contribution in [-0.2, 0) is 0 Å². The molecule has 35 rings (SSSR count). The monoisotopic (exact) mass is 1830 g/mol. The van der Waals surface area contributed by atoms with Crippen LogP contribution >= 0.6 is 0 Å². The molecule has 23 aromatic carbocycles. The molecule has 144 heavy (non-hydrogen) atoms. The number of hydrogen-bond donors (Lipinski definition) is 0. The molecule has 0 saturated carbocycles. The number of aromatic nitrogens is 6. The highest BCUT2D eigenvalue weighted by Gasteiger charge is 2.27. The maximum Gasteiger partial charge on any atom is 0.0620 e. The molecule has 12 aromatic heterocycles. The second-order valence-corrected chi connectivity index (χ2v) is 40.2. The van der Waals surface area contributed by atoms with Crippen LogP contribution in [0.4, 0.5) is 0 Å². The van der Waals surface area contributed by atoms with Crippen LogP contribution < -0.4 is 0 Å². The average Bonchev–Trinajstić information content (AvgIpc) is 1.54. The number of hydrogen-bond acceptors (Lipinski definition) is 0.